The summed E-state index contributed by atoms with van der Waals surface area (Å²) in [5.74, 6) is -1.25. The van der Waals surface area contributed by atoms with Crippen molar-refractivity contribution >= 4 is 23.4 Å². The second-order valence-electron chi connectivity index (χ2n) is 5.34. The summed E-state index contributed by atoms with van der Waals surface area (Å²) in [4.78, 5) is 22.6. The Hall–Kier alpha value is -3.86. The van der Waals surface area contributed by atoms with Gasteiger partial charge in [-0.15, -0.1) is 0 Å². The van der Waals surface area contributed by atoms with Crippen LogP contribution < -0.4 is 10.1 Å². The topological polar surface area (TPSA) is 125 Å². The van der Waals surface area contributed by atoms with Gasteiger partial charge in [-0.3, -0.25) is 14.9 Å². The van der Waals surface area contributed by atoms with Gasteiger partial charge in [0, 0.05) is 17.3 Å². The van der Waals surface area contributed by atoms with Crippen molar-refractivity contribution in [2.24, 2.45) is 0 Å². The Morgan fingerprint density at radius 3 is 2.69 bits per heavy atom. The summed E-state index contributed by atoms with van der Waals surface area (Å²) in [6, 6.07) is 10.8. The Kier molecular flexibility index (Phi) is 5.55. The van der Waals surface area contributed by atoms with Crippen LogP contribution in [0.15, 0.2) is 42.0 Å². The van der Waals surface area contributed by atoms with E-state index >= 15 is 0 Å². The van der Waals surface area contributed by atoms with Crippen LogP contribution in [0.3, 0.4) is 0 Å². The molecule has 0 aliphatic carbocycles. The smallest absolute Gasteiger partial charge is 0.274 e. The number of phenolic OH excluding ortho intramolecular Hbond substituents is 1. The van der Waals surface area contributed by atoms with Gasteiger partial charge in [-0.1, -0.05) is 12.1 Å². The molecule has 26 heavy (non-hydrogen) atoms. The van der Waals surface area contributed by atoms with Gasteiger partial charge in [-0.05, 0) is 30.7 Å². The monoisotopic (exact) mass is 353 g/mol. The summed E-state index contributed by atoms with van der Waals surface area (Å²) >= 11 is 0. The predicted molar refractivity (Wildman–Crippen MR) is 94.7 cm³/mol. The Morgan fingerprint density at radius 1 is 1.38 bits per heavy atom. The van der Waals surface area contributed by atoms with Crippen LogP contribution in [0.2, 0.25) is 0 Å². The lowest BCUT2D eigenvalue weighted by atomic mass is 10.1. The molecule has 2 rings (SSSR count). The number of aryl methyl sites for hydroxylation is 1. The number of nitro groups is 1. The number of carbonyl (C=O) groups excluding carboxylic acids is 1. The zero-order valence-corrected chi connectivity index (χ0v) is 14.0. The number of anilines is 1. The number of nitrogens with one attached hydrogen (secondary N) is 1. The molecule has 0 spiro atoms. The van der Waals surface area contributed by atoms with E-state index in [0.29, 0.717) is 5.69 Å². The van der Waals surface area contributed by atoms with Gasteiger partial charge in [-0.2, -0.15) is 5.26 Å². The molecule has 0 bridgehead atoms. The summed E-state index contributed by atoms with van der Waals surface area (Å²) in [6.07, 6.45) is 1.07. The number of hydrogen-bond acceptors (Lipinski definition) is 6. The molecule has 8 nitrogen and oxygen atoms in total. The fourth-order valence-electron chi connectivity index (χ4n) is 2.21. The first-order valence-electron chi connectivity index (χ1n) is 7.41. The third-order valence-corrected chi connectivity index (χ3v) is 3.46. The summed E-state index contributed by atoms with van der Waals surface area (Å²) in [5, 5.41) is 32.9. The number of nitriles is 1. The summed E-state index contributed by atoms with van der Waals surface area (Å²) in [6.45, 7) is 1.85. The van der Waals surface area contributed by atoms with E-state index in [1.807, 2.05) is 13.0 Å². The predicted octanol–water partition coefficient (Wildman–Crippen LogP) is 3.16. The van der Waals surface area contributed by atoms with Crippen LogP contribution in [0.4, 0.5) is 11.4 Å². The number of non-ortho nitro benzene ring substituents is 1. The molecule has 0 radical (unpaired) electrons. The SMILES string of the molecule is COc1cc([N+](=O)[O-])cc(/C=C(/C#N)C(=O)Nc2cccc(C)c2)c1O. The minimum Gasteiger partial charge on any atom is -0.504 e. The summed E-state index contributed by atoms with van der Waals surface area (Å²) in [7, 11) is 1.24. The fourth-order valence-corrected chi connectivity index (χ4v) is 2.21. The first-order valence-corrected chi connectivity index (χ1v) is 7.41. The highest BCUT2D eigenvalue weighted by Gasteiger charge is 2.18. The van der Waals surface area contributed by atoms with Gasteiger partial charge < -0.3 is 15.2 Å². The van der Waals surface area contributed by atoms with Crippen molar-refractivity contribution in [3.8, 4) is 17.6 Å². The number of nitrogens with zero attached hydrogens (tertiary/aromatic N) is 2. The number of hydrogen-bond donors (Lipinski definition) is 2. The van der Waals surface area contributed by atoms with Crippen LogP contribution in [0.25, 0.3) is 6.08 Å². The minimum atomic E-state index is -0.706. The van der Waals surface area contributed by atoms with E-state index in [0.717, 1.165) is 23.8 Å². The highest BCUT2D eigenvalue weighted by atomic mass is 16.6. The normalized spacial score (nSPS) is 10.7. The van der Waals surface area contributed by atoms with Crippen LogP contribution in [0.5, 0.6) is 11.5 Å². The average Bonchev–Trinajstić information content (AvgIpc) is 2.60. The molecule has 0 heterocycles. The lowest BCUT2D eigenvalue weighted by molar-refractivity contribution is -0.385. The third-order valence-electron chi connectivity index (χ3n) is 3.46. The van der Waals surface area contributed by atoms with Crippen molar-refractivity contribution in [1.29, 1.82) is 5.26 Å². The number of phenols is 1. The van der Waals surface area contributed by atoms with E-state index < -0.39 is 16.6 Å². The number of nitro benzene ring substituents is 1. The van der Waals surface area contributed by atoms with Gasteiger partial charge >= 0.3 is 0 Å². The van der Waals surface area contributed by atoms with E-state index in [2.05, 4.69) is 5.32 Å². The first kappa shape index (κ1) is 18.5. The molecule has 1 amide bonds. The molecule has 0 fully saturated rings. The molecular formula is C18H15N3O5. The van der Waals surface area contributed by atoms with Gasteiger partial charge in [0.25, 0.3) is 11.6 Å². The van der Waals surface area contributed by atoms with Crippen molar-refractivity contribution in [2.45, 2.75) is 6.92 Å². The highest BCUT2D eigenvalue weighted by molar-refractivity contribution is 6.10. The molecule has 0 aliphatic rings. The Bertz CT molecular complexity index is 944. The van der Waals surface area contributed by atoms with Crippen molar-refractivity contribution < 1.29 is 19.6 Å². The number of benzene rings is 2. The molecular weight excluding hydrogens is 338 g/mol. The standard InChI is InChI=1S/C18H15N3O5/c1-11-4-3-5-14(6-11)20-18(23)13(10-19)7-12-8-15(21(24)25)9-16(26-2)17(12)22/h3-9,22H,1-2H3,(H,20,23)/b13-7-. The molecule has 0 aliphatic heterocycles. The number of rotatable bonds is 5. The quantitative estimate of drug-likeness (QED) is 0.368. The molecule has 0 atom stereocenters. The molecule has 0 saturated heterocycles. The van der Waals surface area contributed by atoms with Crippen molar-refractivity contribution in [3.05, 3.63) is 63.2 Å². The number of methoxy groups -OCH3 is 1. The molecule has 0 unspecified atom stereocenters. The fraction of sp³-hybridized carbons (Fsp3) is 0.111. The van der Waals surface area contributed by atoms with E-state index in [1.54, 1.807) is 24.3 Å². The maximum absolute atomic E-state index is 12.3. The zero-order valence-electron chi connectivity index (χ0n) is 14.0. The number of ether oxygens (including phenoxy) is 1. The molecule has 2 aromatic carbocycles. The van der Waals surface area contributed by atoms with Crippen LogP contribution in [0.1, 0.15) is 11.1 Å². The minimum absolute atomic E-state index is 0.0769. The third kappa shape index (κ3) is 4.15. The van der Waals surface area contributed by atoms with Gasteiger partial charge in [0.15, 0.2) is 11.5 Å². The van der Waals surface area contributed by atoms with E-state index in [9.17, 15) is 25.3 Å². The second-order valence-corrected chi connectivity index (χ2v) is 5.34. The van der Waals surface area contributed by atoms with Crippen LogP contribution >= 0.6 is 0 Å². The van der Waals surface area contributed by atoms with Crippen molar-refractivity contribution in [2.75, 3.05) is 12.4 Å². The Balaban J connectivity index is 2.42. The van der Waals surface area contributed by atoms with Gasteiger partial charge in [0.2, 0.25) is 0 Å². The second kappa shape index (κ2) is 7.81. The zero-order chi connectivity index (χ0) is 19.3. The Labute approximate surface area is 149 Å². The van der Waals surface area contributed by atoms with Crippen LogP contribution in [-0.4, -0.2) is 23.0 Å². The average molecular weight is 353 g/mol. The number of aromatic hydroxyl groups is 1. The molecule has 8 heteroatoms. The molecule has 0 saturated carbocycles. The number of carbonyl (C=O) groups is 1. The van der Waals surface area contributed by atoms with Gasteiger partial charge in [-0.25, -0.2) is 0 Å². The van der Waals surface area contributed by atoms with Crippen molar-refractivity contribution in [1.82, 2.24) is 0 Å². The van der Waals surface area contributed by atoms with E-state index in [-0.39, 0.29) is 22.6 Å². The summed E-state index contributed by atoms with van der Waals surface area (Å²) in [5.41, 5.74) is 0.668. The van der Waals surface area contributed by atoms with Gasteiger partial charge in [0.05, 0.1) is 18.1 Å². The van der Waals surface area contributed by atoms with Gasteiger partial charge in [0.1, 0.15) is 11.6 Å². The maximum Gasteiger partial charge on any atom is 0.274 e. The van der Waals surface area contributed by atoms with E-state index in [1.165, 1.54) is 7.11 Å². The first-order chi connectivity index (χ1) is 12.3. The lowest BCUT2D eigenvalue weighted by Gasteiger charge is -2.08. The van der Waals surface area contributed by atoms with Crippen LogP contribution in [-0.2, 0) is 4.79 Å². The molecule has 0 aromatic heterocycles. The lowest BCUT2D eigenvalue weighted by Crippen LogP contribution is -2.13. The van der Waals surface area contributed by atoms with Crippen LogP contribution in [0, 0.1) is 28.4 Å². The summed E-state index contributed by atoms with van der Waals surface area (Å²) < 4.78 is 4.89. The highest BCUT2D eigenvalue weighted by Crippen LogP contribution is 2.35. The van der Waals surface area contributed by atoms with E-state index in [4.69, 9.17) is 4.74 Å². The Morgan fingerprint density at radius 2 is 2.12 bits per heavy atom. The molecule has 2 N–H and O–H groups in total. The molecule has 2 aromatic rings. The number of amides is 1. The largest absolute Gasteiger partial charge is 0.504 e. The van der Waals surface area contributed by atoms with Crippen molar-refractivity contribution in [3.63, 3.8) is 0 Å². The maximum atomic E-state index is 12.3. The molecule has 132 valence electrons.